The van der Waals surface area contributed by atoms with Crippen molar-refractivity contribution in [3.05, 3.63) is 30.3 Å². The Kier molecular flexibility index (Phi) is 3.96. The molecule has 0 aliphatic carbocycles. The second-order valence-electron chi connectivity index (χ2n) is 2.93. The van der Waals surface area contributed by atoms with Gasteiger partial charge in [0.2, 0.25) is 0 Å². The van der Waals surface area contributed by atoms with Crippen molar-refractivity contribution in [1.82, 2.24) is 0 Å². The molecule has 83 valence electrons. The summed E-state index contributed by atoms with van der Waals surface area (Å²) in [5.74, 6) is 0.461. The van der Waals surface area contributed by atoms with Crippen molar-refractivity contribution in [1.29, 1.82) is 0 Å². The van der Waals surface area contributed by atoms with Gasteiger partial charge in [-0.3, -0.25) is 0 Å². The van der Waals surface area contributed by atoms with Crippen molar-refractivity contribution in [3.63, 3.8) is 0 Å². The van der Waals surface area contributed by atoms with Gasteiger partial charge in [-0.1, -0.05) is 12.1 Å². The minimum absolute atomic E-state index is 0.176. The third-order valence-electron chi connectivity index (χ3n) is 1.73. The molecule has 5 heteroatoms. The molecule has 1 rings (SSSR count). The topological polar surface area (TPSA) is 29.5 Å². The molecule has 0 spiro atoms. The van der Waals surface area contributed by atoms with Crippen LogP contribution in [0.15, 0.2) is 24.3 Å². The normalized spacial score (nSPS) is 13.6. The van der Waals surface area contributed by atoms with Crippen LogP contribution < -0.4 is 4.74 Å². The summed E-state index contributed by atoms with van der Waals surface area (Å²) in [5, 5.41) is 8.65. The molecule has 2 nitrogen and oxygen atoms in total. The minimum atomic E-state index is -4.58. The molecule has 0 bridgehead atoms. The first-order chi connectivity index (χ1) is 7.00. The summed E-state index contributed by atoms with van der Waals surface area (Å²) in [7, 11) is 0. The highest BCUT2D eigenvalue weighted by atomic mass is 19.4. The maximum absolute atomic E-state index is 11.9. The second-order valence-corrected chi connectivity index (χ2v) is 2.93. The Morgan fingerprint density at radius 3 is 2.47 bits per heavy atom. The Morgan fingerprint density at radius 1 is 1.33 bits per heavy atom. The summed E-state index contributed by atoms with van der Waals surface area (Å²) in [5.41, 5.74) is 0. The van der Waals surface area contributed by atoms with E-state index < -0.39 is 18.7 Å². The standard InChI is InChI=1S/C10H10F3O2/c11-10(12,13)9(14)6-7-15-8-4-2-1-3-5-8/h2-5,9,14H,6-7H2. The molecule has 0 heterocycles. The molecule has 0 saturated carbocycles. The lowest BCUT2D eigenvalue weighted by Crippen LogP contribution is -2.30. The maximum atomic E-state index is 11.9. The van der Waals surface area contributed by atoms with Crippen LogP contribution in [0, 0.1) is 6.07 Å². The van der Waals surface area contributed by atoms with Crippen LogP contribution in [0.25, 0.3) is 0 Å². The predicted octanol–water partition coefficient (Wildman–Crippen LogP) is 2.18. The fourth-order valence-corrected chi connectivity index (χ4v) is 0.920. The van der Waals surface area contributed by atoms with Crippen molar-refractivity contribution in [2.24, 2.45) is 0 Å². The van der Waals surface area contributed by atoms with Crippen molar-refractivity contribution in [3.8, 4) is 5.75 Å². The van der Waals surface area contributed by atoms with Gasteiger partial charge in [-0.05, 0) is 18.2 Å². The molecule has 0 aromatic heterocycles. The average molecular weight is 219 g/mol. The third kappa shape index (κ3) is 4.20. The average Bonchev–Trinajstić information content (AvgIpc) is 2.18. The zero-order valence-electron chi connectivity index (χ0n) is 7.79. The van der Waals surface area contributed by atoms with Crippen LogP contribution >= 0.6 is 0 Å². The van der Waals surface area contributed by atoms with E-state index in [1.807, 2.05) is 0 Å². The Labute approximate surface area is 85.3 Å². The van der Waals surface area contributed by atoms with Crippen LogP contribution in [0.3, 0.4) is 0 Å². The van der Waals surface area contributed by atoms with Gasteiger partial charge < -0.3 is 9.84 Å². The summed E-state index contributed by atoms with van der Waals surface area (Å²) in [4.78, 5) is 0. The fraction of sp³-hybridized carbons (Fsp3) is 0.400. The number of aliphatic hydroxyl groups is 1. The van der Waals surface area contributed by atoms with Crippen LogP contribution in [0.4, 0.5) is 13.2 Å². The molecule has 0 aliphatic heterocycles. The molecule has 0 amide bonds. The Bertz CT molecular complexity index is 284. The van der Waals surface area contributed by atoms with Gasteiger partial charge in [-0.2, -0.15) is 13.2 Å². The SMILES string of the molecule is OC(CCOc1cc[c]cc1)C(F)(F)F. The van der Waals surface area contributed by atoms with Crippen LogP contribution in [0.2, 0.25) is 0 Å². The summed E-state index contributed by atoms with van der Waals surface area (Å²) < 4.78 is 40.6. The van der Waals surface area contributed by atoms with Crippen LogP contribution in [-0.2, 0) is 0 Å². The smallest absolute Gasteiger partial charge is 0.414 e. The van der Waals surface area contributed by atoms with Crippen LogP contribution in [0.1, 0.15) is 6.42 Å². The minimum Gasteiger partial charge on any atom is -0.493 e. The lowest BCUT2D eigenvalue weighted by Gasteiger charge is -2.14. The zero-order chi connectivity index (χ0) is 11.3. The highest BCUT2D eigenvalue weighted by molar-refractivity contribution is 5.20. The van der Waals surface area contributed by atoms with E-state index in [0.29, 0.717) is 5.75 Å². The highest BCUT2D eigenvalue weighted by Crippen LogP contribution is 2.22. The first-order valence-electron chi connectivity index (χ1n) is 4.34. The lowest BCUT2D eigenvalue weighted by atomic mass is 10.2. The van der Waals surface area contributed by atoms with E-state index in [4.69, 9.17) is 9.84 Å². The van der Waals surface area contributed by atoms with Crippen molar-refractivity contribution < 1.29 is 23.0 Å². The number of halogens is 3. The summed E-state index contributed by atoms with van der Waals surface area (Å²) in [6.07, 6.45) is -7.37. The molecule has 15 heavy (non-hydrogen) atoms. The van der Waals surface area contributed by atoms with Gasteiger partial charge in [0.15, 0.2) is 6.10 Å². The van der Waals surface area contributed by atoms with E-state index in [2.05, 4.69) is 6.07 Å². The van der Waals surface area contributed by atoms with E-state index >= 15 is 0 Å². The number of rotatable bonds is 4. The van der Waals surface area contributed by atoms with Gasteiger partial charge in [0.25, 0.3) is 0 Å². The lowest BCUT2D eigenvalue weighted by molar-refractivity contribution is -0.206. The van der Waals surface area contributed by atoms with Gasteiger partial charge >= 0.3 is 6.18 Å². The zero-order valence-corrected chi connectivity index (χ0v) is 7.79. The number of ether oxygens (including phenoxy) is 1. The summed E-state index contributed by atoms with van der Waals surface area (Å²) in [6.45, 7) is -0.176. The molecule has 0 aliphatic rings. The highest BCUT2D eigenvalue weighted by Gasteiger charge is 2.37. The van der Waals surface area contributed by atoms with E-state index in [9.17, 15) is 13.2 Å². The molecule has 0 fully saturated rings. The van der Waals surface area contributed by atoms with Gasteiger partial charge in [0.1, 0.15) is 5.75 Å². The van der Waals surface area contributed by atoms with Crippen LogP contribution in [0.5, 0.6) is 5.75 Å². The van der Waals surface area contributed by atoms with Crippen LogP contribution in [-0.4, -0.2) is 24.0 Å². The largest absolute Gasteiger partial charge is 0.493 e. The number of aliphatic hydroxyl groups excluding tert-OH is 1. The molecular formula is C10H10F3O2. The first-order valence-corrected chi connectivity index (χ1v) is 4.34. The van der Waals surface area contributed by atoms with Gasteiger partial charge in [-0.25, -0.2) is 0 Å². The van der Waals surface area contributed by atoms with E-state index in [1.54, 1.807) is 24.3 Å². The number of alkyl halides is 3. The quantitative estimate of drug-likeness (QED) is 0.841. The van der Waals surface area contributed by atoms with E-state index in [1.165, 1.54) is 0 Å². The van der Waals surface area contributed by atoms with E-state index in [0.717, 1.165) is 0 Å². The Balaban J connectivity index is 2.28. The predicted molar refractivity (Wildman–Crippen MR) is 47.5 cm³/mol. The maximum Gasteiger partial charge on any atom is 0.414 e. The number of hydrogen-bond acceptors (Lipinski definition) is 2. The molecule has 1 unspecified atom stereocenters. The van der Waals surface area contributed by atoms with Gasteiger partial charge in [0.05, 0.1) is 6.61 Å². The molecule has 1 aromatic carbocycles. The summed E-state index contributed by atoms with van der Waals surface area (Å²) >= 11 is 0. The molecule has 1 N–H and O–H groups in total. The van der Waals surface area contributed by atoms with Gasteiger partial charge in [-0.15, -0.1) is 0 Å². The van der Waals surface area contributed by atoms with Crippen molar-refractivity contribution in [2.75, 3.05) is 6.61 Å². The number of hydrogen-bond donors (Lipinski definition) is 1. The first kappa shape index (κ1) is 11.8. The van der Waals surface area contributed by atoms with Crippen molar-refractivity contribution >= 4 is 0 Å². The molecule has 0 saturated heterocycles. The Morgan fingerprint density at radius 2 is 1.93 bits per heavy atom. The summed E-state index contributed by atoms with van der Waals surface area (Å²) in [6, 6.07) is 9.10. The molecule has 1 aromatic rings. The molecular weight excluding hydrogens is 209 g/mol. The Hall–Kier alpha value is -1.23. The van der Waals surface area contributed by atoms with E-state index in [-0.39, 0.29) is 6.61 Å². The fourth-order valence-electron chi connectivity index (χ4n) is 0.920. The molecule has 1 radical (unpaired) electrons. The van der Waals surface area contributed by atoms with Crippen molar-refractivity contribution in [2.45, 2.75) is 18.7 Å². The third-order valence-corrected chi connectivity index (χ3v) is 1.73. The second kappa shape index (κ2) is 5.02. The monoisotopic (exact) mass is 219 g/mol. The molecule has 1 atom stereocenters. The number of benzene rings is 1. The van der Waals surface area contributed by atoms with Gasteiger partial charge in [0, 0.05) is 6.42 Å².